The van der Waals surface area contributed by atoms with Crippen LogP contribution in [0.25, 0.3) is 5.82 Å². The molecule has 0 aliphatic heterocycles. The van der Waals surface area contributed by atoms with Crippen LogP contribution in [0.15, 0.2) is 37.1 Å². The van der Waals surface area contributed by atoms with Crippen LogP contribution in [0.4, 0.5) is 0 Å². The van der Waals surface area contributed by atoms with Crippen LogP contribution in [0, 0.1) is 17.2 Å². The molecule has 1 atom stereocenters. The summed E-state index contributed by atoms with van der Waals surface area (Å²) in [6, 6.07) is 5.31. The van der Waals surface area contributed by atoms with Crippen LogP contribution in [0.1, 0.15) is 30.1 Å². The molecule has 0 saturated heterocycles. The Balaban J connectivity index is 1.75. The van der Waals surface area contributed by atoms with Crippen molar-refractivity contribution >= 4 is 11.8 Å². The highest BCUT2D eigenvalue weighted by Gasteiger charge is 2.10. The summed E-state index contributed by atoms with van der Waals surface area (Å²) in [4.78, 5) is 31.8. The minimum Gasteiger partial charge on any atom is -0.352 e. The Morgan fingerprint density at radius 3 is 2.84 bits per heavy atom. The van der Waals surface area contributed by atoms with Gasteiger partial charge in [0.2, 0.25) is 5.91 Å². The van der Waals surface area contributed by atoms with E-state index in [1.165, 1.54) is 6.20 Å². The molecule has 8 nitrogen and oxygen atoms in total. The first-order valence-corrected chi connectivity index (χ1v) is 7.96. The van der Waals surface area contributed by atoms with Crippen molar-refractivity contribution in [2.24, 2.45) is 5.92 Å². The number of amides is 2. The highest BCUT2D eigenvalue weighted by molar-refractivity contribution is 5.93. The van der Waals surface area contributed by atoms with Gasteiger partial charge in [-0.3, -0.25) is 14.2 Å². The van der Waals surface area contributed by atoms with Gasteiger partial charge in [-0.2, -0.15) is 5.26 Å². The third kappa shape index (κ3) is 5.73. The lowest BCUT2D eigenvalue weighted by molar-refractivity contribution is -0.121. The summed E-state index contributed by atoms with van der Waals surface area (Å²) in [6.07, 6.45) is 7.59. The fourth-order valence-electron chi connectivity index (χ4n) is 2.23. The number of pyridine rings is 1. The second kappa shape index (κ2) is 9.17. The van der Waals surface area contributed by atoms with Gasteiger partial charge in [-0.15, -0.1) is 0 Å². The van der Waals surface area contributed by atoms with Gasteiger partial charge in [-0.25, -0.2) is 9.97 Å². The summed E-state index contributed by atoms with van der Waals surface area (Å²) in [5.41, 5.74) is 0.475. The number of carbonyl (C=O) groups is 2. The molecule has 0 saturated carbocycles. The number of nitrogens with zero attached hydrogens (tertiary/aromatic N) is 4. The first-order valence-electron chi connectivity index (χ1n) is 7.96. The average molecular weight is 340 g/mol. The number of carbonyl (C=O) groups excluding carboxylic acids is 2. The zero-order valence-corrected chi connectivity index (χ0v) is 14.0. The number of hydrogen-bond donors (Lipinski definition) is 2. The third-order valence-corrected chi connectivity index (χ3v) is 3.60. The van der Waals surface area contributed by atoms with Crippen LogP contribution in [-0.2, 0) is 4.79 Å². The van der Waals surface area contributed by atoms with Crippen LogP contribution in [0.2, 0.25) is 0 Å². The maximum Gasteiger partial charge on any atom is 0.252 e. The van der Waals surface area contributed by atoms with Gasteiger partial charge >= 0.3 is 0 Å². The zero-order chi connectivity index (χ0) is 18.1. The zero-order valence-electron chi connectivity index (χ0n) is 14.0. The van der Waals surface area contributed by atoms with Crippen molar-refractivity contribution in [2.75, 3.05) is 13.1 Å². The van der Waals surface area contributed by atoms with E-state index in [0.717, 1.165) is 0 Å². The first-order chi connectivity index (χ1) is 12.1. The molecule has 2 rings (SSSR count). The van der Waals surface area contributed by atoms with Crippen molar-refractivity contribution in [1.82, 2.24) is 25.2 Å². The lowest BCUT2D eigenvalue weighted by Crippen LogP contribution is -2.28. The molecule has 8 heteroatoms. The molecule has 2 aromatic heterocycles. The SMILES string of the molecule is CC(CCNC(=O)c1ccc(-n2ccnc2)nc1)CC(=O)NCC#N. The van der Waals surface area contributed by atoms with E-state index in [4.69, 9.17) is 5.26 Å². The van der Waals surface area contributed by atoms with E-state index in [1.54, 1.807) is 35.4 Å². The number of rotatable bonds is 8. The van der Waals surface area contributed by atoms with Crippen molar-refractivity contribution in [1.29, 1.82) is 5.26 Å². The summed E-state index contributed by atoms with van der Waals surface area (Å²) >= 11 is 0. The fraction of sp³-hybridized carbons (Fsp3) is 0.353. The van der Waals surface area contributed by atoms with Crippen LogP contribution in [-0.4, -0.2) is 39.4 Å². The Morgan fingerprint density at radius 2 is 2.20 bits per heavy atom. The maximum absolute atomic E-state index is 12.1. The molecule has 2 N–H and O–H groups in total. The molecule has 25 heavy (non-hydrogen) atoms. The maximum atomic E-state index is 12.1. The molecule has 0 radical (unpaired) electrons. The van der Waals surface area contributed by atoms with Crippen LogP contribution >= 0.6 is 0 Å². The molecule has 1 unspecified atom stereocenters. The molecule has 0 aromatic carbocycles. The van der Waals surface area contributed by atoms with E-state index in [2.05, 4.69) is 20.6 Å². The average Bonchev–Trinajstić information content (AvgIpc) is 3.14. The van der Waals surface area contributed by atoms with Crippen LogP contribution in [0.5, 0.6) is 0 Å². The largest absolute Gasteiger partial charge is 0.352 e. The molecule has 130 valence electrons. The summed E-state index contributed by atoms with van der Waals surface area (Å²) in [5.74, 6) is 0.442. The number of nitrogens with one attached hydrogen (secondary N) is 2. The lowest BCUT2D eigenvalue weighted by Gasteiger charge is -2.11. The molecular weight excluding hydrogens is 320 g/mol. The van der Waals surface area contributed by atoms with Gasteiger partial charge in [0.1, 0.15) is 18.7 Å². The van der Waals surface area contributed by atoms with Crippen LogP contribution in [0.3, 0.4) is 0 Å². The standard InChI is InChI=1S/C17H20N6O2/c1-13(10-16(24)20-7-5-18)4-6-21-17(25)14-2-3-15(22-11-14)23-9-8-19-12-23/h2-3,8-9,11-13H,4,6-7,10H2,1H3,(H,20,24)(H,21,25). The van der Waals surface area contributed by atoms with Crippen LogP contribution < -0.4 is 10.6 Å². The quantitative estimate of drug-likeness (QED) is 0.698. The summed E-state index contributed by atoms with van der Waals surface area (Å²) in [6.45, 7) is 2.42. The molecular formula is C17H20N6O2. The minimum atomic E-state index is -0.203. The number of nitriles is 1. The number of aromatic nitrogens is 3. The topological polar surface area (TPSA) is 113 Å². The summed E-state index contributed by atoms with van der Waals surface area (Å²) < 4.78 is 1.75. The Labute approximate surface area is 145 Å². The smallest absolute Gasteiger partial charge is 0.252 e. The van der Waals surface area contributed by atoms with Gasteiger partial charge in [-0.05, 0) is 24.5 Å². The van der Waals surface area contributed by atoms with Gasteiger partial charge < -0.3 is 10.6 Å². The predicted molar refractivity (Wildman–Crippen MR) is 90.7 cm³/mol. The highest BCUT2D eigenvalue weighted by atomic mass is 16.2. The van der Waals surface area contributed by atoms with E-state index in [1.807, 2.05) is 13.0 Å². The predicted octanol–water partition coefficient (Wildman–Crippen LogP) is 1.05. The second-order valence-electron chi connectivity index (χ2n) is 5.66. The van der Waals surface area contributed by atoms with Crippen molar-refractivity contribution in [3.8, 4) is 11.9 Å². The van der Waals surface area contributed by atoms with E-state index in [-0.39, 0.29) is 24.3 Å². The third-order valence-electron chi connectivity index (χ3n) is 3.60. The van der Waals surface area contributed by atoms with E-state index in [9.17, 15) is 9.59 Å². The summed E-state index contributed by atoms with van der Waals surface area (Å²) in [7, 11) is 0. The second-order valence-corrected chi connectivity index (χ2v) is 5.66. The Morgan fingerprint density at radius 1 is 1.36 bits per heavy atom. The Bertz CT molecular complexity index is 733. The Kier molecular flexibility index (Phi) is 6.65. The Hall–Kier alpha value is -3.21. The highest BCUT2D eigenvalue weighted by Crippen LogP contribution is 2.08. The minimum absolute atomic E-state index is 0.0182. The molecule has 0 bridgehead atoms. The molecule has 0 aliphatic carbocycles. The van der Waals surface area contributed by atoms with E-state index < -0.39 is 0 Å². The molecule has 2 aromatic rings. The first kappa shape index (κ1) is 18.1. The van der Waals surface area contributed by atoms with Crippen molar-refractivity contribution in [2.45, 2.75) is 19.8 Å². The van der Waals surface area contributed by atoms with Crippen molar-refractivity contribution < 1.29 is 9.59 Å². The van der Waals surface area contributed by atoms with Gasteiger partial charge in [0.15, 0.2) is 0 Å². The molecule has 0 aliphatic rings. The molecule has 0 fully saturated rings. The van der Waals surface area contributed by atoms with Gasteiger partial charge in [-0.1, -0.05) is 6.92 Å². The molecule has 0 spiro atoms. The van der Waals surface area contributed by atoms with E-state index >= 15 is 0 Å². The summed E-state index contributed by atoms with van der Waals surface area (Å²) in [5, 5.41) is 13.7. The number of hydrogen-bond acceptors (Lipinski definition) is 5. The molecule has 2 amide bonds. The van der Waals surface area contributed by atoms with Crippen molar-refractivity contribution in [3.63, 3.8) is 0 Å². The lowest BCUT2D eigenvalue weighted by atomic mass is 10.0. The number of imidazole rings is 1. The van der Waals surface area contributed by atoms with Gasteiger partial charge in [0.25, 0.3) is 5.91 Å². The van der Waals surface area contributed by atoms with E-state index in [0.29, 0.717) is 30.8 Å². The fourth-order valence-corrected chi connectivity index (χ4v) is 2.23. The van der Waals surface area contributed by atoms with Gasteiger partial charge in [0, 0.05) is 31.6 Å². The molecule has 2 heterocycles. The normalized spacial score (nSPS) is 11.4. The van der Waals surface area contributed by atoms with Crippen molar-refractivity contribution in [3.05, 3.63) is 42.6 Å². The monoisotopic (exact) mass is 340 g/mol. The van der Waals surface area contributed by atoms with Gasteiger partial charge in [0.05, 0.1) is 11.6 Å².